The fraction of sp³-hybridized carbons (Fsp3) is 0.0909. The Morgan fingerprint density at radius 1 is 1.25 bits per heavy atom. The highest BCUT2D eigenvalue weighted by atomic mass is 35.5. The van der Waals surface area contributed by atoms with Crippen LogP contribution in [0, 0.1) is 11.6 Å². The van der Waals surface area contributed by atoms with Crippen molar-refractivity contribution in [3.8, 4) is 11.1 Å². The zero-order chi connectivity index (χ0) is 11.7. The topological polar surface area (TPSA) is 28.7 Å². The SMILES string of the molecule is Cc1ccc(-c2cc(Cl)n[nH]c2=S)cc1Cl. The second kappa shape index (κ2) is 4.53. The zero-order valence-corrected chi connectivity index (χ0v) is 10.7. The summed E-state index contributed by atoms with van der Waals surface area (Å²) in [6, 6.07) is 7.49. The van der Waals surface area contributed by atoms with Gasteiger partial charge in [-0.25, -0.2) is 0 Å². The predicted molar refractivity (Wildman–Crippen MR) is 69.6 cm³/mol. The van der Waals surface area contributed by atoms with Crippen molar-refractivity contribution in [1.82, 2.24) is 10.2 Å². The molecule has 0 unspecified atom stereocenters. The van der Waals surface area contributed by atoms with E-state index in [1.54, 1.807) is 6.07 Å². The average molecular weight is 271 g/mol. The number of H-pyrrole nitrogens is 1. The number of hydrogen-bond donors (Lipinski definition) is 1. The predicted octanol–water partition coefficient (Wildman–Crippen LogP) is 4.42. The molecule has 1 N–H and O–H groups in total. The minimum absolute atomic E-state index is 0.375. The number of rotatable bonds is 1. The summed E-state index contributed by atoms with van der Waals surface area (Å²) in [4.78, 5) is 0. The lowest BCUT2D eigenvalue weighted by Gasteiger charge is -2.04. The highest BCUT2D eigenvalue weighted by molar-refractivity contribution is 7.71. The zero-order valence-electron chi connectivity index (χ0n) is 8.42. The van der Waals surface area contributed by atoms with Crippen LogP contribution in [0.4, 0.5) is 0 Å². The maximum Gasteiger partial charge on any atom is 0.150 e. The summed E-state index contributed by atoms with van der Waals surface area (Å²) in [7, 11) is 0. The summed E-state index contributed by atoms with van der Waals surface area (Å²) in [6.45, 7) is 1.95. The van der Waals surface area contributed by atoms with E-state index in [1.165, 1.54) is 0 Å². The van der Waals surface area contributed by atoms with Gasteiger partial charge in [0, 0.05) is 10.6 Å². The molecule has 0 radical (unpaired) electrons. The lowest BCUT2D eigenvalue weighted by Crippen LogP contribution is -1.88. The summed E-state index contributed by atoms with van der Waals surface area (Å²) >= 11 is 17.0. The van der Waals surface area contributed by atoms with Crippen molar-refractivity contribution >= 4 is 35.4 Å². The fourth-order valence-corrected chi connectivity index (χ4v) is 1.91. The van der Waals surface area contributed by atoms with Gasteiger partial charge in [-0.05, 0) is 30.2 Å². The van der Waals surface area contributed by atoms with Crippen LogP contribution < -0.4 is 0 Å². The summed E-state index contributed by atoms with van der Waals surface area (Å²) in [5, 5.41) is 7.58. The Morgan fingerprint density at radius 2 is 2.00 bits per heavy atom. The van der Waals surface area contributed by atoms with Crippen LogP contribution in [0.25, 0.3) is 11.1 Å². The van der Waals surface area contributed by atoms with Gasteiger partial charge in [0.05, 0.1) is 0 Å². The first-order valence-electron chi connectivity index (χ1n) is 4.59. The molecule has 1 aromatic carbocycles. The number of aromatic nitrogens is 2. The van der Waals surface area contributed by atoms with Gasteiger partial charge in [-0.2, -0.15) is 5.10 Å². The summed E-state index contributed by atoms with van der Waals surface area (Å²) in [5.41, 5.74) is 2.79. The highest BCUT2D eigenvalue weighted by Gasteiger charge is 2.04. The molecule has 0 atom stereocenters. The Bertz CT molecular complexity index is 593. The number of aromatic amines is 1. The lowest BCUT2D eigenvalue weighted by molar-refractivity contribution is 1.02. The smallest absolute Gasteiger partial charge is 0.150 e. The van der Waals surface area contributed by atoms with Gasteiger partial charge in [0.1, 0.15) is 9.79 Å². The van der Waals surface area contributed by atoms with E-state index in [-0.39, 0.29) is 0 Å². The van der Waals surface area contributed by atoms with E-state index < -0.39 is 0 Å². The van der Waals surface area contributed by atoms with Gasteiger partial charge in [0.25, 0.3) is 0 Å². The number of halogens is 2. The summed E-state index contributed by atoms with van der Waals surface area (Å²) in [5.74, 6) is 0. The van der Waals surface area contributed by atoms with Crippen LogP contribution >= 0.6 is 35.4 Å². The summed E-state index contributed by atoms with van der Waals surface area (Å²) < 4.78 is 0.546. The Morgan fingerprint density at radius 3 is 2.69 bits per heavy atom. The number of nitrogens with zero attached hydrogens (tertiary/aromatic N) is 1. The van der Waals surface area contributed by atoms with Crippen LogP contribution in [0.15, 0.2) is 24.3 Å². The van der Waals surface area contributed by atoms with E-state index >= 15 is 0 Å². The first-order chi connectivity index (χ1) is 7.58. The van der Waals surface area contributed by atoms with E-state index in [0.717, 1.165) is 16.7 Å². The molecule has 0 aliphatic rings. The van der Waals surface area contributed by atoms with Crippen molar-refractivity contribution in [2.24, 2.45) is 0 Å². The Kier molecular flexibility index (Phi) is 3.28. The molecule has 0 aliphatic heterocycles. The maximum absolute atomic E-state index is 6.06. The number of nitrogens with one attached hydrogen (secondary N) is 1. The van der Waals surface area contributed by atoms with Crippen LogP contribution in [-0.2, 0) is 0 Å². The van der Waals surface area contributed by atoms with Gasteiger partial charge in [-0.15, -0.1) is 0 Å². The van der Waals surface area contributed by atoms with E-state index in [1.807, 2.05) is 25.1 Å². The van der Waals surface area contributed by atoms with Crippen LogP contribution in [-0.4, -0.2) is 10.2 Å². The molecular formula is C11H8Cl2N2S. The van der Waals surface area contributed by atoms with Gasteiger partial charge in [-0.1, -0.05) is 47.6 Å². The van der Waals surface area contributed by atoms with Crippen molar-refractivity contribution in [3.05, 3.63) is 44.6 Å². The third-order valence-electron chi connectivity index (χ3n) is 2.26. The van der Waals surface area contributed by atoms with Crippen molar-refractivity contribution < 1.29 is 0 Å². The minimum atomic E-state index is 0.375. The molecule has 1 heterocycles. The lowest BCUT2D eigenvalue weighted by atomic mass is 10.1. The van der Waals surface area contributed by atoms with Gasteiger partial charge in [0.2, 0.25) is 0 Å². The van der Waals surface area contributed by atoms with Gasteiger partial charge >= 0.3 is 0 Å². The third kappa shape index (κ3) is 2.26. The Hall–Kier alpha value is -0.900. The van der Waals surface area contributed by atoms with Crippen LogP contribution in [0.5, 0.6) is 0 Å². The van der Waals surface area contributed by atoms with Crippen LogP contribution in [0.2, 0.25) is 10.2 Å². The molecule has 16 heavy (non-hydrogen) atoms. The van der Waals surface area contributed by atoms with Crippen molar-refractivity contribution in [3.63, 3.8) is 0 Å². The van der Waals surface area contributed by atoms with E-state index in [2.05, 4.69) is 10.2 Å². The number of aryl methyl sites for hydroxylation is 1. The maximum atomic E-state index is 6.06. The molecule has 0 fully saturated rings. The summed E-state index contributed by atoms with van der Waals surface area (Å²) in [6.07, 6.45) is 0. The Labute approximate surface area is 108 Å². The number of hydrogen-bond acceptors (Lipinski definition) is 2. The molecule has 0 aliphatic carbocycles. The van der Waals surface area contributed by atoms with Crippen molar-refractivity contribution in [2.75, 3.05) is 0 Å². The second-order valence-electron chi connectivity index (χ2n) is 3.40. The molecule has 0 saturated carbocycles. The van der Waals surface area contributed by atoms with Gasteiger partial charge < -0.3 is 0 Å². The van der Waals surface area contributed by atoms with Crippen LogP contribution in [0.3, 0.4) is 0 Å². The Balaban J connectivity index is 2.63. The van der Waals surface area contributed by atoms with E-state index in [4.69, 9.17) is 35.4 Å². The molecule has 0 saturated heterocycles. The van der Waals surface area contributed by atoms with E-state index in [0.29, 0.717) is 14.8 Å². The normalized spacial score (nSPS) is 10.4. The molecule has 5 heteroatoms. The highest BCUT2D eigenvalue weighted by Crippen LogP contribution is 2.26. The quantitative estimate of drug-likeness (QED) is 0.778. The third-order valence-corrected chi connectivity index (χ3v) is 3.17. The second-order valence-corrected chi connectivity index (χ2v) is 4.60. The molecule has 0 amide bonds. The molecule has 2 nitrogen and oxygen atoms in total. The monoisotopic (exact) mass is 270 g/mol. The van der Waals surface area contributed by atoms with E-state index in [9.17, 15) is 0 Å². The molecular weight excluding hydrogens is 263 g/mol. The standard InChI is InChI=1S/C11H8Cl2N2S/c1-6-2-3-7(4-9(6)12)8-5-10(13)14-15-11(8)16/h2-5H,1H3,(H,15,16). The molecule has 1 aromatic heterocycles. The largest absolute Gasteiger partial charge is 0.266 e. The first-order valence-corrected chi connectivity index (χ1v) is 5.76. The van der Waals surface area contributed by atoms with Gasteiger partial charge in [0.15, 0.2) is 0 Å². The molecule has 82 valence electrons. The molecule has 2 rings (SSSR count). The molecule has 0 spiro atoms. The molecule has 2 aromatic rings. The average Bonchev–Trinajstić information content (AvgIpc) is 2.26. The van der Waals surface area contributed by atoms with Crippen molar-refractivity contribution in [1.29, 1.82) is 0 Å². The van der Waals surface area contributed by atoms with Crippen molar-refractivity contribution in [2.45, 2.75) is 6.92 Å². The fourth-order valence-electron chi connectivity index (χ4n) is 1.36. The minimum Gasteiger partial charge on any atom is -0.266 e. The van der Waals surface area contributed by atoms with Gasteiger partial charge in [-0.3, -0.25) is 5.10 Å². The first kappa shape index (κ1) is 11.6. The molecule has 0 bridgehead atoms. The van der Waals surface area contributed by atoms with Crippen LogP contribution in [0.1, 0.15) is 5.56 Å². The number of benzene rings is 1.